The van der Waals surface area contributed by atoms with Crippen LogP contribution in [0.15, 0.2) is 83.5 Å². The number of rotatable bonds is 8. The van der Waals surface area contributed by atoms with Crippen LogP contribution in [0.3, 0.4) is 0 Å². The van der Waals surface area contributed by atoms with E-state index >= 15 is 0 Å². The summed E-state index contributed by atoms with van der Waals surface area (Å²) in [6, 6.07) is 23.8. The third-order valence-corrected chi connectivity index (χ3v) is 6.28. The lowest BCUT2D eigenvalue weighted by molar-refractivity contribution is -0.137. The Bertz CT molecular complexity index is 1040. The molecule has 0 bridgehead atoms. The van der Waals surface area contributed by atoms with Crippen LogP contribution >= 0.6 is 15.9 Å². The highest BCUT2D eigenvalue weighted by molar-refractivity contribution is 9.10. The molecule has 1 aliphatic rings. The summed E-state index contributed by atoms with van der Waals surface area (Å²) in [6.45, 7) is 2.02. The topological polar surface area (TPSA) is 53.5 Å². The van der Waals surface area contributed by atoms with Gasteiger partial charge in [0.2, 0.25) is 11.8 Å². The Morgan fingerprint density at radius 3 is 2.44 bits per heavy atom. The van der Waals surface area contributed by atoms with Gasteiger partial charge in [0.05, 0.1) is 18.2 Å². The molecule has 2 amide bonds. The van der Waals surface area contributed by atoms with Crippen LogP contribution in [0.4, 0.5) is 0 Å². The van der Waals surface area contributed by atoms with Gasteiger partial charge in [0, 0.05) is 36.7 Å². The van der Waals surface area contributed by atoms with Gasteiger partial charge in [-0.3, -0.25) is 14.6 Å². The molecule has 1 atom stereocenters. The smallest absolute Gasteiger partial charge is 0.228 e. The number of nitrogens with zero attached hydrogens (tertiary/aromatic N) is 3. The Hall–Kier alpha value is -2.99. The molecule has 0 N–H and O–H groups in total. The lowest BCUT2D eigenvalue weighted by Crippen LogP contribution is -2.37. The minimum Gasteiger partial charge on any atom is -0.342 e. The van der Waals surface area contributed by atoms with Crippen molar-refractivity contribution in [3.63, 3.8) is 0 Å². The van der Waals surface area contributed by atoms with E-state index in [-0.39, 0.29) is 24.2 Å². The molecule has 0 saturated carbocycles. The average molecular weight is 492 g/mol. The Kier molecular flexibility index (Phi) is 7.32. The van der Waals surface area contributed by atoms with Gasteiger partial charge in [-0.1, -0.05) is 64.5 Å². The molecule has 1 aliphatic heterocycles. The Labute approximate surface area is 197 Å². The van der Waals surface area contributed by atoms with Crippen LogP contribution in [0, 0.1) is 5.92 Å². The molecule has 6 heteroatoms. The number of amides is 2. The predicted octanol–water partition coefficient (Wildman–Crippen LogP) is 4.46. The second kappa shape index (κ2) is 10.6. The zero-order chi connectivity index (χ0) is 22.3. The van der Waals surface area contributed by atoms with Crippen molar-refractivity contribution in [3.05, 3.63) is 100 Å². The maximum absolute atomic E-state index is 13.5. The number of hydrogen-bond donors (Lipinski definition) is 0. The molecule has 1 aromatic heterocycles. The van der Waals surface area contributed by atoms with Crippen molar-refractivity contribution in [2.24, 2.45) is 5.92 Å². The second-order valence-electron chi connectivity index (χ2n) is 8.12. The molecular weight excluding hydrogens is 466 g/mol. The first-order chi connectivity index (χ1) is 15.6. The lowest BCUT2D eigenvalue weighted by Gasteiger charge is -2.26. The van der Waals surface area contributed by atoms with E-state index in [4.69, 9.17) is 0 Å². The van der Waals surface area contributed by atoms with E-state index in [1.807, 2.05) is 70.5 Å². The van der Waals surface area contributed by atoms with Crippen molar-refractivity contribution in [1.29, 1.82) is 0 Å². The van der Waals surface area contributed by atoms with E-state index < -0.39 is 0 Å². The molecule has 2 aromatic carbocycles. The number of aromatic nitrogens is 1. The van der Waals surface area contributed by atoms with E-state index in [2.05, 4.69) is 33.0 Å². The molecule has 32 heavy (non-hydrogen) atoms. The summed E-state index contributed by atoms with van der Waals surface area (Å²) < 4.78 is 0.999. The van der Waals surface area contributed by atoms with Crippen LogP contribution in [0.2, 0.25) is 0 Å². The van der Waals surface area contributed by atoms with Gasteiger partial charge in [-0.2, -0.15) is 0 Å². The van der Waals surface area contributed by atoms with E-state index in [1.165, 1.54) is 5.56 Å². The Morgan fingerprint density at radius 2 is 1.72 bits per heavy atom. The molecule has 1 fully saturated rings. The number of carbonyl (C=O) groups is 2. The maximum atomic E-state index is 13.5. The fraction of sp³-hybridized carbons (Fsp3) is 0.269. The van der Waals surface area contributed by atoms with E-state index in [0.29, 0.717) is 26.2 Å². The summed E-state index contributed by atoms with van der Waals surface area (Å²) in [6.07, 6.45) is 2.80. The van der Waals surface area contributed by atoms with Crippen LogP contribution in [-0.4, -0.2) is 39.7 Å². The van der Waals surface area contributed by atoms with Crippen molar-refractivity contribution in [3.8, 4) is 0 Å². The zero-order valence-electron chi connectivity index (χ0n) is 17.9. The summed E-state index contributed by atoms with van der Waals surface area (Å²) in [5, 5.41) is 0. The minimum absolute atomic E-state index is 0.00846. The largest absolute Gasteiger partial charge is 0.342 e. The first kappa shape index (κ1) is 22.2. The fourth-order valence-corrected chi connectivity index (χ4v) is 4.29. The molecule has 0 radical (unpaired) electrons. The first-order valence-electron chi connectivity index (χ1n) is 10.8. The third-order valence-electron chi connectivity index (χ3n) is 5.75. The number of benzene rings is 2. The van der Waals surface area contributed by atoms with Crippen LogP contribution < -0.4 is 0 Å². The third kappa shape index (κ3) is 5.82. The molecule has 3 aromatic rings. The maximum Gasteiger partial charge on any atom is 0.228 e. The van der Waals surface area contributed by atoms with Crippen LogP contribution in [0.5, 0.6) is 0 Å². The van der Waals surface area contributed by atoms with Crippen LogP contribution in [-0.2, 0) is 29.1 Å². The summed E-state index contributed by atoms with van der Waals surface area (Å²) >= 11 is 3.46. The van der Waals surface area contributed by atoms with Crippen molar-refractivity contribution in [2.75, 3.05) is 13.1 Å². The summed E-state index contributed by atoms with van der Waals surface area (Å²) in [5.41, 5.74) is 3.08. The molecule has 0 spiro atoms. The van der Waals surface area contributed by atoms with Crippen LogP contribution in [0.1, 0.15) is 23.2 Å². The summed E-state index contributed by atoms with van der Waals surface area (Å²) in [5.74, 6) is -0.257. The monoisotopic (exact) mass is 491 g/mol. The SMILES string of the molecule is O=C1CC(C(=O)N(Cc2ccc(Br)cc2)Cc2ccccn2)CN1CCc1ccccc1. The van der Waals surface area contributed by atoms with Gasteiger partial charge in [0.15, 0.2) is 0 Å². The van der Waals surface area contributed by atoms with Gasteiger partial charge in [-0.05, 0) is 41.8 Å². The molecule has 2 heterocycles. The molecule has 1 unspecified atom stereocenters. The van der Waals surface area contributed by atoms with E-state index in [0.717, 1.165) is 22.2 Å². The molecular formula is C26H26BrN3O2. The molecule has 164 valence electrons. The average Bonchev–Trinajstić information content (AvgIpc) is 3.20. The van der Waals surface area contributed by atoms with E-state index in [1.54, 1.807) is 6.20 Å². The van der Waals surface area contributed by atoms with Crippen molar-refractivity contribution >= 4 is 27.7 Å². The number of hydrogen-bond acceptors (Lipinski definition) is 3. The zero-order valence-corrected chi connectivity index (χ0v) is 19.4. The standard InChI is InChI=1S/C26H26BrN3O2/c27-23-11-9-21(10-12-23)17-30(19-24-8-4-5-14-28-24)26(32)22-16-25(31)29(18-22)15-13-20-6-2-1-3-7-20/h1-12,14,22H,13,15-19H2. The number of likely N-dealkylation sites (tertiary alicyclic amines) is 1. The summed E-state index contributed by atoms with van der Waals surface area (Å²) in [7, 11) is 0. The van der Waals surface area contributed by atoms with Crippen LogP contribution in [0.25, 0.3) is 0 Å². The lowest BCUT2D eigenvalue weighted by atomic mass is 10.1. The normalized spacial score (nSPS) is 15.7. The van der Waals surface area contributed by atoms with Crippen molar-refractivity contribution in [2.45, 2.75) is 25.9 Å². The number of carbonyl (C=O) groups excluding carboxylic acids is 2. The number of halogens is 1. The van der Waals surface area contributed by atoms with E-state index in [9.17, 15) is 9.59 Å². The van der Waals surface area contributed by atoms with Crippen molar-refractivity contribution in [1.82, 2.24) is 14.8 Å². The highest BCUT2D eigenvalue weighted by atomic mass is 79.9. The highest BCUT2D eigenvalue weighted by Crippen LogP contribution is 2.23. The second-order valence-corrected chi connectivity index (χ2v) is 9.03. The van der Waals surface area contributed by atoms with Gasteiger partial charge in [0.1, 0.15) is 0 Å². The predicted molar refractivity (Wildman–Crippen MR) is 127 cm³/mol. The van der Waals surface area contributed by atoms with Gasteiger partial charge in [-0.15, -0.1) is 0 Å². The van der Waals surface area contributed by atoms with Gasteiger partial charge < -0.3 is 9.80 Å². The minimum atomic E-state index is -0.322. The van der Waals surface area contributed by atoms with Gasteiger partial charge >= 0.3 is 0 Å². The van der Waals surface area contributed by atoms with Gasteiger partial charge in [0.25, 0.3) is 0 Å². The van der Waals surface area contributed by atoms with Crippen molar-refractivity contribution < 1.29 is 9.59 Å². The molecule has 5 nitrogen and oxygen atoms in total. The molecule has 0 aliphatic carbocycles. The summed E-state index contributed by atoms with van der Waals surface area (Å²) in [4.78, 5) is 34.2. The Morgan fingerprint density at radius 1 is 0.969 bits per heavy atom. The fourth-order valence-electron chi connectivity index (χ4n) is 4.03. The first-order valence-corrected chi connectivity index (χ1v) is 11.6. The van der Waals surface area contributed by atoms with Gasteiger partial charge in [-0.25, -0.2) is 0 Å². The quantitative estimate of drug-likeness (QED) is 0.467. The Balaban J connectivity index is 1.44. The molecule has 4 rings (SSSR count). The number of pyridine rings is 1. The highest BCUT2D eigenvalue weighted by Gasteiger charge is 2.36. The molecule has 1 saturated heterocycles.